The van der Waals surface area contributed by atoms with Crippen LogP contribution in [0.5, 0.6) is 0 Å². The molecule has 3 rings (SSSR count). The van der Waals surface area contributed by atoms with Gasteiger partial charge < -0.3 is 20.0 Å². The second-order valence-corrected chi connectivity index (χ2v) is 8.28. The van der Waals surface area contributed by atoms with Gasteiger partial charge >= 0.3 is 6.03 Å². The van der Waals surface area contributed by atoms with Crippen molar-refractivity contribution < 1.29 is 4.79 Å². The fraction of sp³-hybridized carbons (Fsp3) is 0.667. The van der Waals surface area contributed by atoms with Gasteiger partial charge in [0.2, 0.25) is 0 Å². The van der Waals surface area contributed by atoms with E-state index < -0.39 is 0 Å². The minimum atomic E-state index is 0.0156. The van der Waals surface area contributed by atoms with E-state index in [9.17, 15) is 4.79 Å². The van der Waals surface area contributed by atoms with Gasteiger partial charge in [0.05, 0.1) is 0 Å². The van der Waals surface area contributed by atoms with Gasteiger partial charge in [0.25, 0.3) is 0 Å². The van der Waals surface area contributed by atoms with E-state index in [1.165, 1.54) is 18.5 Å². The predicted octanol–water partition coefficient (Wildman–Crippen LogP) is 2.63. The van der Waals surface area contributed by atoms with Gasteiger partial charge in [0, 0.05) is 63.7 Å². The van der Waals surface area contributed by atoms with E-state index in [0.29, 0.717) is 0 Å². The van der Waals surface area contributed by atoms with Crippen LogP contribution in [0.3, 0.4) is 0 Å². The van der Waals surface area contributed by atoms with Crippen molar-refractivity contribution in [2.45, 2.75) is 19.8 Å². The van der Waals surface area contributed by atoms with Crippen molar-refractivity contribution in [3.8, 4) is 0 Å². The zero-order valence-electron chi connectivity index (χ0n) is 17.2. The van der Waals surface area contributed by atoms with Gasteiger partial charge in [-0.1, -0.05) is 6.92 Å². The van der Waals surface area contributed by atoms with Gasteiger partial charge in [-0.15, -0.1) is 0 Å². The lowest BCUT2D eigenvalue weighted by Crippen LogP contribution is -2.51. The van der Waals surface area contributed by atoms with Crippen LogP contribution < -0.4 is 10.2 Å². The Morgan fingerprint density at radius 2 is 1.67 bits per heavy atom. The highest BCUT2D eigenvalue weighted by atomic mass is 16.2. The molecule has 2 heterocycles. The molecule has 1 aromatic rings. The highest BCUT2D eigenvalue weighted by Gasteiger charge is 2.21. The summed E-state index contributed by atoms with van der Waals surface area (Å²) in [7, 11) is 4.20. The molecule has 0 bridgehead atoms. The molecule has 0 spiro atoms. The lowest BCUT2D eigenvalue weighted by molar-refractivity contribution is 0.140. The van der Waals surface area contributed by atoms with Crippen LogP contribution in [0.15, 0.2) is 24.3 Å². The summed E-state index contributed by atoms with van der Waals surface area (Å²) in [5, 5.41) is 3.06. The second kappa shape index (κ2) is 9.42. The number of benzene rings is 1. The summed E-state index contributed by atoms with van der Waals surface area (Å²) >= 11 is 0. The Bertz CT molecular complexity index is 587. The van der Waals surface area contributed by atoms with Crippen LogP contribution in [-0.4, -0.2) is 87.2 Å². The molecule has 0 saturated carbocycles. The lowest BCUT2D eigenvalue weighted by atomic mass is 9.99. The maximum Gasteiger partial charge on any atom is 0.321 e. The topological polar surface area (TPSA) is 42.1 Å². The molecule has 1 aromatic carbocycles. The van der Waals surface area contributed by atoms with E-state index in [0.717, 1.165) is 64.0 Å². The maximum absolute atomic E-state index is 12.5. The molecular formula is C21H35N5O. The van der Waals surface area contributed by atoms with Gasteiger partial charge in [0.1, 0.15) is 0 Å². The van der Waals surface area contributed by atoms with Crippen LogP contribution in [0, 0.1) is 5.92 Å². The molecule has 0 aliphatic carbocycles. The van der Waals surface area contributed by atoms with Crippen molar-refractivity contribution in [1.29, 1.82) is 0 Å². The van der Waals surface area contributed by atoms with E-state index in [1.54, 1.807) is 0 Å². The number of carbonyl (C=O) groups excluding carboxylic acids is 1. The first kappa shape index (κ1) is 20.0. The van der Waals surface area contributed by atoms with Crippen LogP contribution in [0.4, 0.5) is 16.2 Å². The van der Waals surface area contributed by atoms with Crippen molar-refractivity contribution in [1.82, 2.24) is 14.7 Å². The largest absolute Gasteiger partial charge is 0.372 e. The van der Waals surface area contributed by atoms with Gasteiger partial charge in [-0.2, -0.15) is 0 Å². The Morgan fingerprint density at radius 3 is 2.26 bits per heavy atom. The Kier molecular flexibility index (Phi) is 6.96. The van der Waals surface area contributed by atoms with Crippen LogP contribution >= 0.6 is 0 Å². The molecule has 2 aliphatic rings. The number of rotatable bonds is 5. The van der Waals surface area contributed by atoms with Crippen LogP contribution in [-0.2, 0) is 0 Å². The van der Waals surface area contributed by atoms with E-state index in [-0.39, 0.29) is 6.03 Å². The van der Waals surface area contributed by atoms with Gasteiger partial charge in [-0.3, -0.25) is 4.90 Å². The van der Waals surface area contributed by atoms with E-state index in [1.807, 2.05) is 17.0 Å². The number of anilines is 2. The Balaban J connectivity index is 1.44. The number of likely N-dealkylation sites (N-methyl/N-ethyl adjacent to an activating group) is 1. The summed E-state index contributed by atoms with van der Waals surface area (Å²) in [5.74, 6) is 0.836. The average molecular weight is 374 g/mol. The van der Waals surface area contributed by atoms with E-state index >= 15 is 0 Å². The first-order valence-corrected chi connectivity index (χ1v) is 10.3. The first-order valence-electron chi connectivity index (χ1n) is 10.3. The summed E-state index contributed by atoms with van der Waals surface area (Å²) < 4.78 is 0. The summed E-state index contributed by atoms with van der Waals surface area (Å²) in [6.45, 7) is 10.2. The summed E-state index contributed by atoms with van der Waals surface area (Å²) in [5.41, 5.74) is 2.14. The van der Waals surface area contributed by atoms with E-state index in [2.05, 4.69) is 53.2 Å². The number of hydrogen-bond donors (Lipinski definition) is 1. The Morgan fingerprint density at radius 1 is 1.04 bits per heavy atom. The van der Waals surface area contributed by atoms with Crippen molar-refractivity contribution in [2.24, 2.45) is 5.92 Å². The summed E-state index contributed by atoms with van der Waals surface area (Å²) in [6.07, 6.45) is 2.53. The number of nitrogens with zero attached hydrogens (tertiary/aromatic N) is 4. The van der Waals surface area contributed by atoms with Crippen molar-refractivity contribution in [2.75, 3.05) is 76.7 Å². The van der Waals surface area contributed by atoms with Gasteiger partial charge in [-0.25, -0.2) is 4.79 Å². The zero-order chi connectivity index (χ0) is 19.2. The predicted molar refractivity (Wildman–Crippen MR) is 113 cm³/mol. The van der Waals surface area contributed by atoms with Crippen molar-refractivity contribution >= 4 is 17.4 Å². The minimum Gasteiger partial charge on any atom is -0.372 e. The lowest BCUT2D eigenvalue weighted by Gasteiger charge is -2.35. The van der Waals surface area contributed by atoms with Crippen molar-refractivity contribution in [3.63, 3.8) is 0 Å². The Hall–Kier alpha value is -1.79. The van der Waals surface area contributed by atoms with Gasteiger partial charge in [-0.05, 0) is 57.1 Å². The molecule has 0 atom stereocenters. The second-order valence-electron chi connectivity index (χ2n) is 8.28. The molecule has 2 saturated heterocycles. The fourth-order valence-electron chi connectivity index (χ4n) is 3.74. The van der Waals surface area contributed by atoms with Gasteiger partial charge in [0.15, 0.2) is 0 Å². The van der Waals surface area contributed by atoms with E-state index in [4.69, 9.17) is 0 Å². The molecule has 150 valence electrons. The molecule has 6 heteroatoms. The third-order valence-electron chi connectivity index (χ3n) is 5.79. The molecule has 0 unspecified atom stereocenters. The third-order valence-corrected chi connectivity index (χ3v) is 5.79. The highest BCUT2D eigenvalue weighted by molar-refractivity contribution is 5.89. The number of hydrogen-bond acceptors (Lipinski definition) is 4. The molecule has 2 amide bonds. The van der Waals surface area contributed by atoms with Crippen molar-refractivity contribution in [3.05, 3.63) is 24.3 Å². The quantitative estimate of drug-likeness (QED) is 0.862. The number of carbonyl (C=O) groups is 1. The van der Waals surface area contributed by atoms with Crippen LogP contribution in [0.25, 0.3) is 0 Å². The SMILES string of the molecule is CC1CCN(c2ccc(NC(=O)N3CCN(CCN(C)C)CC3)cc2)CC1. The smallest absolute Gasteiger partial charge is 0.321 e. The fourth-order valence-corrected chi connectivity index (χ4v) is 3.74. The molecule has 2 fully saturated rings. The number of amides is 2. The Labute approximate surface area is 164 Å². The molecule has 0 radical (unpaired) electrons. The summed E-state index contributed by atoms with van der Waals surface area (Å²) in [4.78, 5) is 21.5. The highest BCUT2D eigenvalue weighted by Crippen LogP contribution is 2.24. The number of nitrogens with one attached hydrogen (secondary N) is 1. The van der Waals surface area contributed by atoms with Crippen LogP contribution in [0.2, 0.25) is 0 Å². The number of piperazine rings is 1. The third kappa shape index (κ3) is 5.84. The number of urea groups is 1. The van der Waals surface area contributed by atoms with Crippen LogP contribution in [0.1, 0.15) is 19.8 Å². The molecular weight excluding hydrogens is 338 g/mol. The first-order chi connectivity index (χ1) is 13.0. The maximum atomic E-state index is 12.5. The molecule has 1 N–H and O–H groups in total. The normalized spacial score (nSPS) is 19.6. The number of piperidine rings is 1. The summed E-state index contributed by atoms with van der Waals surface area (Å²) in [6, 6.07) is 8.33. The molecule has 6 nitrogen and oxygen atoms in total. The molecule has 2 aliphatic heterocycles. The standard InChI is InChI=1S/C21H35N5O/c1-18-8-10-25(11-9-18)20-6-4-19(5-7-20)22-21(27)26-16-14-24(15-17-26)13-12-23(2)3/h4-7,18H,8-17H2,1-3H3,(H,22,27). The molecule has 0 aromatic heterocycles. The zero-order valence-corrected chi connectivity index (χ0v) is 17.2. The molecule has 27 heavy (non-hydrogen) atoms. The monoisotopic (exact) mass is 373 g/mol. The average Bonchev–Trinajstić information content (AvgIpc) is 2.68. The minimum absolute atomic E-state index is 0.0156.